The van der Waals surface area contributed by atoms with Crippen molar-refractivity contribution in [1.29, 1.82) is 0 Å². The molecule has 4 rings (SSSR count). The van der Waals surface area contributed by atoms with Gasteiger partial charge in [-0.25, -0.2) is 14.2 Å². The Labute approximate surface area is 198 Å². The van der Waals surface area contributed by atoms with E-state index in [1.807, 2.05) is 0 Å². The van der Waals surface area contributed by atoms with E-state index in [4.69, 9.17) is 14.6 Å². The Hall–Kier alpha value is -4.11. The van der Waals surface area contributed by atoms with Crippen LogP contribution in [0, 0.1) is 5.82 Å². The number of nitrogens with one attached hydrogen (secondary N) is 1. The number of carbonyl (C=O) groups is 2. The van der Waals surface area contributed by atoms with Gasteiger partial charge in [0.2, 0.25) is 0 Å². The number of aliphatic imine (C=N–C) groups is 1. The highest BCUT2D eigenvalue weighted by molar-refractivity contribution is 8.18. The van der Waals surface area contributed by atoms with Crippen LogP contribution in [0.4, 0.5) is 10.1 Å². The molecule has 3 aromatic carbocycles. The van der Waals surface area contributed by atoms with Crippen LogP contribution in [0.5, 0.6) is 11.5 Å². The third kappa shape index (κ3) is 5.62. The number of carboxylic acids is 1. The van der Waals surface area contributed by atoms with Crippen LogP contribution in [0.2, 0.25) is 0 Å². The molecule has 0 aliphatic carbocycles. The summed E-state index contributed by atoms with van der Waals surface area (Å²) in [4.78, 5) is 28.3. The van der Waals surface area contributed by atoms with Crippen LogP contribution >= 0.6 is 11.8 Å². The molecule has 2 N–H and O–H groups in total. The second-order valence-electron chi connectivity index (χ2n) is 7.16. The fourth-order valence-corrected chi connectivity index (χ4v) is 3.96. The second-order valence-corrected chi connectivity index (χ2v) is 8.19. The SMILES string of the molecule is COc1cc(C=C2SC(=Nc3ccc(F)cc3)NC2=O)ccc1OCc1cccc(C(=O)O)c1. The molecule has 1 aliphatic rings. The van der Waals surface area contributed by atoms with Crippen LogP contribution in [0.3, 0.4) is 0 Å². The van der Waals surface area contributed by atoms with Gasteiger partial charge < -0.3 is 19.9 Å². The first-order chi connectivity index (χ1) is 16.4. The maximum absolute atomic E-state index is 13.1. The largest absolute Gasteiger partial charge is 0.493 e. The minimum Gasteiger partial charge on any atom is -0.493 e. The molecule has 1 amide bonds. The van der Waals surface area contributed by atoms with Gasteiger partial charge in [0.1, 0.15) is 12.4 Å². The number of nitrogens with zero attached hydrogens (tertiary/aromatic N) is 1. The van der Waals surface area contributed by atoms with Crippen molar-refractivity contribution < 1.29 is 28.6 Å². The first kappa shape index (κ1) is 23.1. The topological polar surface area (TPSA) is 97.2 Å². The van der Waals surface area contributed by atoms with Gasteiger partial charge in [-0.15, -0.1) is 0 Å². The third-order valence-electron chi connectivity index (χ3n) is 4.76. The highest BCUT2D eigenvalue weighted by Crippen LogP contribution is 2.32. The molecule has 1 saturated heterocycles. The molecule has 0 radical (unpaired) electrons. The van der Waals surface area contributed by atoms with Crippen molar-refractivity contribution in [2.75, 3.05) is 7.11 Å². The summed E-state index contributed by atoms with van der Waals surface area (Å²) in [6, 6.07) is 17.4. The van der Waals surface area contributed by atoms with E-state index >= 15 is 0 Å². The quantitative estimate of drug-likeness (QED) is 0.464. The van der Waals surface area contributed by atoms with E-state index in [-0.39, 0.29) is 23.9 Å². The van der Waals surface area contributed by atoms with Gasteiger partial charge in [-0.2, -0.15) is 0 Å². The van der Waals surface area contributed by atoms with E-state index < -0.39 is 5.97 Å². The average Bonchev–Trinajstić information content (AvgIpc) is 3.18. The summed E-state index contributed by atoms with van der Waals surface area (Å²) < 4.78 is 24.3. The number of hydrogen-bond donors (Lipinski definition) is 2. The van der Waals surface area contributed by atoms with E-state index in [1.165, 1.54) is 49.2 Å². The number of benzene rings is 3. The summed E-state index contributed by atoms with van der Waals surface area (Å²) in [6.45, 7) is 0.166. The van der Waals surface area contributed by atoms with Crippen LogP contribution in [-0.2, 0) is 11.4 Å². The number of amides is 1. The van der Waals surface area contributed by atoms with Crippen LogP contribution in [0.25, 0.3) is 6.08 Å². The molecule has 0 spiro atoms. The Kier molecular flexibility index (Phi) is 6.93. The van der Waals surface area contributed by atoms with Crippen LogP contribution in [0.15, 0.2) is 76.6 Å². The van der Waals surface area contributed by atoms with Gasteiger partial charge in [-0.1, -0.05) is 18.2 Å². The smallest absolute Gasteiger partial charge is 0.335 e. The Bertz CT molecular complexity index is 1300. The first-order valence-corrected chi connectivity index (χ1v) is 10.9. The predicted octanol–water partition coefficient (Wildman–Crippen LogP) is 5.00. The van der Waals surface area contributed by atoms with E-state index in [9.17, 15) is 14.0 Å². The number of amidine groups is 1. The molecule has 0 aromatic heterocycles. The van der Waals surface area contributed by atoms with Crippen molar-refractivity contribution in [2.24, 2.45) is 4.99 Å². The molecule has 0 saturated carbocycles. The lowest BCUT2D eigenvalue weighted by molar-refractivity contribution is -0.115. The molecule has 0 atom stereocenters. The molecule has 3 aromatic rings. The fraction of sp³-hybridized carbons (Fsp3) is 0.0800. The monoisotopic (exact) mass is 478 g/mol. The molecule has 0 bridgehead atoms. The molecule has 1 heterocycles. The first-order valence-electron chi connectivity index (χ1n) is 10.1. The maximum Gasteiger partial charge on any atom is 0.335 e. The minimum absolute atomic E-state index is 0.166. The summed E-state index contributed by atoms with van der Waals surface area (Å²) in [7, 11) is 1.51. The summed E-state index contributed by atoms with van der Waals surface area (Å²) in [6.07, 6.45) is 1.70. The lowest BCUT2D eigenvalue weighted by Crippen LogP contribution is -2.19. The van der Waals surface area contributed by atoms with E-state index in [0.29, 0.717) is 32.8 Å². The highest BCUT2D eigenvalue weighted by atomic mass is 32.2. The Morgan fingerprint density at radius 1 is 1.12 bits per heavy atom. The second kappa shape index (κ2) is 10.2. The zero-order chi connectivity index (χ0) is 24.1. The zero-order valence-electron chi connectivity index (χ0n) is 17.9. The molecule has 1 fully saturated rings. The van der Waals surface area contributed by atoms with Gasteiger partial charge >= 0.3 is 5.97 Å². The predicted molar refractivity (Wildman–Crippen MR) is 128 cm³/mol. The summed E-state index contributed by atoms with van der Waals surface area (Å²) in [5.41, 5.74) is 2.14. The maximum atomic E-state index is 13.1. The molecule has 7 nitrogen and oxygen atoms in total. The zero-order valence-corrected chi connectivity index (χ0v) is 18.8. The summed E-state index contributed by atoms with van der Waals surface area (Å²) >= 11 is 1.18. The van der Waals surface area contributed by atoms with Gasteiger partial charge in [0, 0.05) is 0 Å². The van der Waals surface area contributed by atoms with Gasteiger partial charge in [0.15, 0.2) is 16.7 Å². The number of ether oxygens (including phenoxy) is 2. The van der Waals surface area contributed by atoms with Crippen molar-refractivity contribution in [2.45, 2.75) is 6.61 Å². The molecule has 34 heavy (non-hydrogen) atoms. The van der Waals surface area contributed by atoms with Gasteiger partial charge in [0.05, 0.1) is 23.3 Å². The average molecular weight is 479 g/mol. The van der Waals surface area contributed by atoms with Crippen molar-refractivity contribution in [3.63, 3.8) is 0 Å². The number of carbonyl (C=O) groups excluding carboxylic acids is 1. The lowest BCUT2D eigenvalue weighted by atomic mass is 10.1. The molecular formula is C25H19FN2O5S. The van der Waals surface area contributed by atoms with E-state index in [2.05, 4.69) is 10.3 Å². The van der Waals surface area contributed by atoms with E-state index in [0.717, 1.165) is 5.56 Å². The fourth-order valence-electron chi connectivity index (χ4n) is 3.11. The Morgan fingerprint density at radius 3 is 2.65 bits per heavy atom. The van der Waals surface area contributed by atoms with Gasteiger partial charge in [-0.3, -0.25) is 4.79 Å². The van der Waals surface area contributed by atoms with Crippen molar-refractivity contribution >= 4 is 40.6 Å². The molecular weight excluding hydrogens is 459 g/mol. The van der Waals surface area contributed by atoms with Crippen molar-refractivity contribution in [3.8, 4) is 11.5 Å². The van der Waals surface area contributed by atoms with Crippen molar-refractivity contribution in [3.05, 3.63) is 94.1 Å². The Morgan fingerprint density at radius 2 is 1.91 bits per heavy atom. The molecule has 1 aliphatic heterocycles. The van der Waals surface area contributed by atoms with E-state index in [1.54, 1.807) is 42.5 Å². The lowest BCUT2D eigenvalue weighted by Gasteiger charge is -2.12. The van der Waals surface area contributed by atoms with Crippen molar-refractivity contribution in [1.82, 2.24) is 5.32 Å². The van der Waals surface area contributed by atoms with Gasteiger partial charge in [-0.05, 0) is 77.5 Å². The number of aromatic carboxylic acids is 1. The molecule has 0 unspecified atom stereocenters. The van der Waals surface area contributed by atoms with Gasteiger partial charge in [0.25, 0.3) is 5.91 Å². The van der Waals surface area contributed by atoms with Crippen LogP contribution in [-0.4, -0.2) is 29.3 Å². The summed E-state index contributed by atoms with van der Waals surface area (Å²) in [5, 5.41) is 12.2. The standard InChI is InChI=1S/C25H19FN2O5S/c1-32-21-12-15(5-10-20(21)33-14-16-3-2-4-17(11-16)24(30)31)13-22-23(29)28-25(34-22)27-19-8-6-18(26)7-9-19/h2-13H,14H2,1H3,(H,30,31)(H,27,28,29). The number of halogens is 1. The number of rotatable bonds is 7. The molecule has 172 valence electrons. The minimum atomic E-state index is -1.00. The van der Waals surface area contributed by atoms with Crippen LogP contribution < -0.4 is 14.8 Å². The summed E-state index contributed by atoms with van der Waals surface area (Å²) in [5.74, 6) is -0.706. The third-order valence-corrected chi connectivity index (χ3v) is 5.67. The molecule has 9 heteroatoms. The number of methoxy groups -OCH3 is 1. The number of thioether (sulfide) groups is 1. The number of carboxylic acid groups (broad SMARTS) is 1. The normalized spacial score (nSPS) is 15.4. The number of hydrogen-bond acceptors (Lipinski definition) is 6. The Balaban J connectivity index is 1.47. The van der Waals surface area contributed by atoms with Crippen LogP contribution in [0.1, 0.15) is 21.5 Å². The highest BCUT2D eigenvalue weighted by Gasteiger charge is 2.24.